The van der Waals surface area contributed by atoms with Crippen molar-refractivity contribution >= 4 is 16.8 Å². The first-order chi connectivity index (χ1) is 8.19. The Morgan fingerprint density at radius 3 is 3.06 bits per heavy atom. The van der Waals surface area contributed by atoms with Crippen molar-refractivity contribution in [2.24, 2.45) is 10.9 Å². The van der Waals surface area contributed by atoms with Crippen LogP contribution in [-0.4, -0.2) is 41.8 Å². The molecule has 0 amide bonds. The Labute approximate surface area is 106 Å². The molecule has 0 aromatic carbocycles. The Morgan fingerprint density at radius 1 is 1.47 bits per heavy atom. The van der Waals surface area contributed by atoms with Crippen molar-refractivity contribution in [3.8, 4) is 0 Å². The van der Waals surface area contributed by atoms with Gasteiger partial charge < -0.3 is 9.84 Å². The standard InChI is InChI=1S/C12H19ClFNO2/c13-12-4-1-8-5-10(2-3-11(8)15-12)17-7-9(16)6-14/h8-11,16H,1-7H2/t8?,9-,10?,11?/m1/s1. The number of aliphatic hydroxyl groups excluding tert-OH is 1. The van der Waals surface area contributed by atoms with Gasteiger partial charge in [0.05, 0.1) is 18.8 Å². The molecule has 0 radical (unpaired) electrons. The summed E-state index contributed by atoms with van der Waals surface area (Å²) < 4.78 is 17.6. The van der Waals surface area contributed by atoms with Gasteiger partial charge in [-0.05, 0) is 31.6 Å². The molecule has 1 N–H and O–H groups in total. The average Bonchev–Trinajstić information content (AvgIpc) is 2.35. The molecule has 3 unspecified atom stereocenters. The van der Waals surface area contributed by atoms with Crippen molar-refractivity contribution in [3.63, 3.8) is 0 Å². The Bertz CT molecular complexity index is 288. The number of rotatable bonds is 4. The SMILES string of the molecule is O[C@H](CF)COC1CCC2N=C(Cl)CCC2C1. The van der Waals surface area contributed by atoms with Gasteiger partial charge in [0.1, 0.15) is 17.9 Å². The van der Waals surface area contributed by atoms with Crippen LogP contribution >= 0.6 is 11.6 Å². The van der Waals surface area contributed by atoms with Crippen molar-refractivity contribution in [2.75, 3.05) is 13.3 Å². The fourth-order valence-electron chi connectivity index (χ4n) is 2.68. The zero-order chi connectivity index (χ0) is 12.3. The molecular formula is C12H19ClFNO2. The highest BCUT2D eigenvalue weighted by Crippen LogP contribution is 2.35. The summed E-state index contributed by atoms with van der Waals surface area (Å²) in [6.07, 6.45) is 3.96. The number of alkyl halides is 1. The molecule has 1 heterocycles. The molecule has 1 fully saturated rings. The van der Waals surface area contributed by atoms with E-state index >= 15 is 0 Å². The Kier molecular flexibility index (Phi) is 4.77. The highest BCUT2D eigenvalue weighted by molar-refractivity contribution is 6.65. The third kappa shape index (κ3) is 3.63. The second-order valence-electron chi connectivity index (χ2n) is 4.95. The largest absolute Gasteiger partial charge is 0.388 e. The molecule has 1 aliphatic heterocycles. The molecule has 3 nitrogen and oxygen atoms in total. The Morgan fingerprint density at radius 2 is 2.29 bits per heavy atom. The van der Waals surface area contributed by atoms with E-state index < -0.39 is 12.8 Å². The number of hydrogen-bond donors (Lipinski definition) is 1. The minimum atomic E-state index is -0.980. The highest BCUT2D eigenvalue weighted by atomic mass is 35.5. The summed E-state index contributed by atoms with van der Waals surface area (Å²) in [6.45, 7) is -0.638. The monoisotopic (exact) mass is 263 g/mol. The van der Waals surface area contributed by atoms with Crippen LogP contribution in [0.1, 0.15) is 32.1 Å². The van der Waals surface area contributed by atoms with Crippen molar-refractivity contribution in [1.82, 2.24) is 0 Å². The third-order valence-electron chi connectivity index (χ3n) is 3.62. The lowest BCUT2D eigenvalue weighted by atomic mass is 9.79. The summed E-state index contributed by atoms with van der Waals surface area (Å²) >= 11 is 5.94. The van der Waals surface area contributed by atoms with Crippen LogP contribution in [0, 0.1) is 5.92 Å². The normalized spacial score (nSPS) is 35.0. The number of hydrogen-bond acceptors (Lipinski definition) is 3. The molecule has 0 spiro atoms. The molecular weight excluding hydrogens is 245 g/mol. The zero-order valence-electron chi connectivity index (χ0n) is 9.82. The molecule has 17 heavy (non-hydrogen) atoms. The molecule has 1 aliphatic carbocycles. The lowest BCUT2D eigenvalue weighted by molar-refractivity contribution is -0.0418. The van der Waals surface area contributed by atoms with Crippen LogP contribution in [0.25, 0.3) is 0 Å². The van der Waals surface area contributed by atoms with E-state index in [1.165, 1.54) is 0 Å². The first kappa shape index (κ1) is 13.2. The van der Waals surface area contributed by atoms with Gasteiger partial charge in [0.15, 0.2) is 0 Å². The van der Waals surface area contributed by atoms with Gasteiger partial charge in [-0.15, -0.1) is 0 Å². The first-order valence-electron chi connectivity index (χ1n) is 6.27. The van der Waals surface area contributed by atoms with Gasteiger partial charge in [-0.1, -0.05) is 11.6 Å². The van der Waals surface area contributed by atoms with Gasteiger partial charge in [-0.25, -0.2) is 4.39 Å². The van der Waals surface area contributed by atoms with Gasteiger partial charge >= 0.3 is 0 Å². The molecule has 0 aromatic heterocycles. The van der Waals surface area contributed by atoms with Crippen molar-refractivity contribution in [1.29, 1.82) is 0 Å². The van der Waals surface area contributed by atoms with E-state index in [2.05, 4.69) is 4.99 Å². The zero-order valence-corrected chi connectivity index (χ0v) is 10.6. The van der Waals surface area contributed by atoms with Crippen LogP contribution in [0.4, 0.5) is 4.39 Å². The van der Waals surface area contributed by atoms with Crippen LogP contribution in [0.2, 0.25) is 0 Å². The fourth-order valence-corrected chi connectivity index (χ4v) is 2.91. The van der Waals surface area contributed by atoms with Gasteiger partial charge in [0.25, 0.3) is 0 Å². The van der Waals surface area contributed by atoms with Gasteiger partial charge in [-0.2, -0.15) is 0 Å². The van der Waals surface area contributed by atoms with E-state index in [1.807, 2.05) is 0 Å². The van der Waals surface area contributed by atoms with E-state index in [0.717, 1.165) is 37.3 Å². The summed E-state index contributed by atoms with van der Waals surface area (Å²) in [4.78, 5) is 4.47. The second kappa shape index (κ2) is 6.12. The third-order valence-corrected chi connectivity index (χ3v) is 3.91. The summed E-state index contributed by atoms with van der Waals surface area (Å²) in [5.74, 6) is 0.541. The maximum absolute atomic E-state index is 12.1. The minimum absolute atomic E-state index is 0.0998. The first-order valence-corrected chi connectivity index (χ1v) is 6.64. The number of fused-ring (bicyclic) bond motifs is 1. The van der Waals surface area contributed by atoms with Crippen LogP contribution in [0.3, 0.4) is 0 Å². The maximum Gasteiger partial charge on any atom is 0.118 e. The quantitative estimate of drug-likeness (QED) is 0.846. The molecule has 1 saturated carbocycles. The number of aliphatic hydroxyl groups is 1. The van der Waals surface area contributed by atoms with Crippen LogP contribution in [0.15, 0.2) is 4.99 Å². The summed E-state index contributed by atoms with van der Waals surface area (Å²) in [6, 6.07) is 0.349. The van der Waals surface area contributed by atoms with Crippen molar-refractivity contribution in [2.45, 2.75) is 50.4 Å². The Hall–Kier alpha value is -0.190. The molecule has 5 heteroatoms. The lowest BCUT2D eigenvalue weighted by Crippen LogP contribution is -2.36. The molecule has 98 valence electrons. The topological polar surface area (TPSA) is 41.8 Å². The van der Waals surface area contributed by atoms with E-state index in [-0.39, 0.29) is 12.7 Å². The molecule has 4 atom stereocenters. The lowest BCUT2D eigenvalue weighted by Gasteiger charge is -2.36. The summed E-state index contributed by atoms with van der Waals surface area (Å²) in [5.41, 5.74) is 0. The highest BCUT2D eigenvalue weighted by Gasteiger charge is 2.33. The number of halogens is 2. The number of aliphatic imine (C=N–C) groups is 1. The van der Waals surface area contributed by atoms with Gasteiger partial charge in [0.2, 0.25) is 0 Å². The molecule has 0 bridgehead atoms. The van der Waals surface area contributed by atoms with Gasteiger partial charge in [0, 0.05) is 6.42 Å². The van der Waals surface area contributed by atoms with Crippen LogP contribution in [-0.2, 0) is 4.74 Å². The van der Waals surface area contributed by atoms with E-state index in [0.29, 0.717) is 12.0 Å². The predicted molar refractivity (Wildman–Crippen MR) is 65.4 cm³/mol. The molecule has 2 rings (SSSR count). The van der Waals surface area contributed by atoms with E-state index in [9.17, 15) is 4.39 Å². The van der Waals surface area contributed by atoms with Crippen molar-refractivity contribution < 1.29 is 14.2 Å². The average molecular weight is 264 g/mol. The fraction of sp³-hybridized carbons (Fsp3) is 0.917. The predicted octanol–water partition coefficient (Wildman–Crippen LogP) is 2.30. The van der Waals surface area contributed by atoms with E-state index in [4.69, 9.17) is 21.4 Å². The van der Waals surface area contributed by atoms with Crippen LogP contribution < -0.4 is 0 Å². The molecule has 0 aromatic rings. The van der Waals surface area contributed by atoms with Crippen LogP contribution in [0.5, 0.6) is 0 Å². The van der Waals surface area contributed by atoms with Crippen molar-refractivity contribution in [3.05, 3.63) is 0 Å². The second-order valence-corrected chi connectivity index (χ2v) is 5.38. The summed E-state index contributed by atoms with van der Waals surface area (Å²) in [7, 11) is 0. The van der Waals surface area contributed by atoms with Gasteiger partial charge in [-0.3, -0.25) is 4.99 Å². The van der Waals surface area contributed by atoms with E-state index in [1.54, 1.807) is 0 Å². The minimum Gasteiger partial charge on any atom is -0.388 e. The molecule has 2 aliphatic rings. The number of ether oxygens (including phenoxy) is 1. The smallest absolute Gasteiger partial charge is 0.118 e. The molecule has 0 saturated heterocycles. The number of nitrogens with zero attached hydrogens (tertiary/aromatic N) is 1. The Balaban J connectivity index is 1.79. The maximum atomic E-state index is 12.1. The summed E-state index contributed by atoms with van der Waals surface area (Å²) in [5, 5.41) is 9.87.